The number of quaternary nitrogens is 1. The third kappa shape index (κ3) is 7.85. The Morgan fingerprint density at radius 1 is 0.838 bits per heavy atom. The molecule has 5 nitrogen and oxygen atoms in total. The molecule has 3 aromatic rings. The van der Waals surface area contributed by atoms with Crippen LogP contribution in [0.4, 0.5) is 5.69 Å². The molecule has 0 atom stereocenters. The predicted octanol–water partition coefficient (Wildman–Crippen LogP) is 7.73. The molecular formula is C32H47N2O3+. The molecular weight excluding hydrogens is 460 g/mol. The number of benzene rings is 2. The molecule has 3 rings (SSSR count). The van der Waals surface area contributed by atoms with Crippen molar-refractivity contribution in [1.82, 2.24) is 0 Å². The molecule has 0 aliphatic carbocycles. The van der Waals surface area contributed by atoms with Gasteiger partial charge in [-0.2, -0.15) is 0 Å². The summed E-state index contributed by atoms with van der Waals surface area (Å²) in [4.78, 5) is 15.4. The Morgan fingerprint density at radius 3 is 2.08 bits per heavy atom. The van der Waals surface area contributed by atoms with Gasteiger partial charge < -0.3 is 18.9 Å². The summed E-state index contributed by atoms with van der Waals surface area (Å²) in [6.07, 6.45) is 10.6. The monoisotopic (exact) mass is 507 g/mol. The molecule has 0 spiro atoms. The van der Waals surface area contributed by atoms with Crippen molar-refractivity contribution in [2.75, 3.05) is 38.6 Å². The van der Waals surface area contributed by atoms with E-state index in [2.05, 4.69) is 39.8 Å². The Labute approximate surface area is 223 Å². The summed E-state index contributed by atoms with van der Waals surface area (Å²) in [5.41, 5.74) is 3.01. The van der Waals surface area contributed by atoms with Gasteiger partial charge in [0.15, 0.2) is 5.76 Å². The van der Waals surface area contributed by atoms with Gasteiger partial charge in [-0.15, -0.1) is 0 Å². The van der Waals surface area contributed by atoms with E-state index in [9.17, 15) is 9.90 Å². The van der Waals surface area contributed by atoms with Gasteiger partial charge in [0.05, 0.1) is 26.0 Å². The first-order valence-electron chi connectivity index (χ1n) is 14.3. The van der Waals surface area contributed by atoms with E-state index in [1.54, 1.807) is 0 Å². The number of unbranched alkanes of at least 4 members (excludes halogenated alkanes) is 7. The molecule has 0 saturated heterocycles. The lowest BCUT2D eigenvalue weighted by Gasteiger charge is -2.30. The molecule has 0 aliphatic heterocycles. The van der Waals surface area contributed by atoms with Crippen LogP contribution in [0.3, 0.4) is 0 Å². The Balaban J connectivity index is 1.68. The highest BCUT2D eigenvalue weighted by molar-refractivity contribution is 5.82. The molecule has 0 amide bonds. The third-order valence-corrected chi connectivity index (χ3v) is 7.42. The summed E-state index contributed by atoms with van der Waals surface area (Å²) in [6, 6.07) is 13.6. The van der Waals surface area contributed by atoms with Gasteiger partial charge in [0.1, 0.15) is 12.1 Å². The van der Waals surface area contributed by atoms with E-state index in [1.807, 2.05) is 42.5 Å². The maximum atomic E-state index is 13.1. The fourth-order valence-corrected chi connectivity index (χ4v) is 5.19. The summed E-state index contributed by atoms with van der Waals surface area (Å²) in [6.45, 7) is 10.3. The van der Waals surface area contributed by atoms with Crippen LogP contribution in [-0.4, -0.2) is 43.3 Å². The van der Waals surface area contributed by atoms with E-state index in [-0.39, 0.29) is 16.9 Å². The molecule has 0 fully saturated rings. The van der Waals surface area contributed by atoms with Crippen LogP contribution >= 0.6 is 0 Å². The standard InChI is InChI=1S/C32H46N2O3/c1-6-9-10-11-12-13-14-15-22-34(4,5)24-25-16-21-29-28(23-25)30(35)31(36)32(37-29)26-17-19-27(20-18-26)33(7-2)8-3/h16-21,23H,6-15,22,24H2,1-5H3/p+1. The number of anilines is 1. The fourth-order valence-electron chi connectivity index (χ4n) is 5.19. The van der Waals surface area contributed by atoms with Gasteiger partial charge >= 0.3 is 0 Å². The summed E-state index contributed by atoms with van der Waals surface area (Å²) in [5, 5.41) is 11.2. The molecule has 0 radical (unpaired) electrons. The van der Waals surface area contributed by atoms with Gasteiger partial charge in [0.2, 0.25) is 11.2 Å². The van der Waals surface area contributed by atoms with Crippen molar-refractivity contribution in [1.29, 1.82) is 0 Å². The van der Waals surface area contributed by atoms with Crippen LogP contribution in [0.1, 0.15) is 77.7 Å². The van der Waals surface area contributed by atoms with Gasteiger partial charge in [-0.3, -0.25) is 4.79 Å². The van der Waals surface area contributed by atoms with E-state index in [0.717, 1.165) is 41.9 Å². The van der Waals surface area contributed by atoms with Gasteiger partial charge in [-0.1, -0.05) is 45.4 Å². The highest BCUT2D eigenvalue weighted by atomic mass is 16.4. The maximum absolute atomic E-state index is 13.1. The summed E-state index contributed by atoms with van der Waals surface area (Å²) < 4.78 is 6.93. The zero-order chi connectivity index (χ0) is 26.8. The van der Waals surface area contributed by atoms with Gasteiger partial charge in [-0.25, -0.2) is 0 Å². The smallest absolute Gasteiger partial charge is 0.235 e. The molecule has 1 heterocycles. The van der Waals surface area contributed by atoms with Crippen LogP contribution in [-0.2, 0) is 6.54 Å². The van der Waals surface area contributed by atoms with Gasteiger partial charge in [0.25, 0.3) is 0 Å². The van der Waals surface area contributed by atoms with Crippen LogP contribution < -0.4 is 10.3 Å². The van der Waals surface area contributed by atoms with Crippen molar-refractivity contribution in [3.8, 4) is 17.1 Å². The number of hydrogen-bond acceptors (Lipinski definition) is 4. The second-order valence-electron chi connectivity index (χ2n) is 11.0. The maximum Gasteiger partial charge on any atom is 0.235 e. The van der Waals surface area contributed by atoms with E-state index in [1.165, 1.54) is 51.4 Å². The molecule has 0 unspecified atom stereocenters. The largest absolute Gasteiger partial charge is 0.502 e. The van der Waals surface area contributed by atoms with Crippen molar-refractivity contribution < 1.29 is 14.0 Å². The fraction of sp³-hybridized carbons (Fsp3) is 0.531. The molecule has 1 N–H and O–H groups in total. The molecule has 5 heteroatoms. The van der Waals surface area contributed by atoms with Gasteiger partial charge in [-0.05, 0) is 69.2 Å². The van der Waals surface area contributed by atoms with Crippen molar-refractivity contribution >= 4 is 16.7 Å². The van der Waals surface area contributed by atoms with Crippen LogP contribution in [0, 0.1) is 0 Å². The molecule has 0 saturated carbocycles. The highest BCUT2D eigenvalue weighted by Crippen LogP contribution is 2.32. The Hall–Kier alpha value is -2.79. The molecule has 1 aromatic heterocycles. The Bertz CT molecular complexity index is 1180. The molecule has 0 aliphatic rings. The average molecular weight is 508 g/mol. The zero-order valence-electron chi connectivity index (χ0n) is 23.7. The lowest BCUT2D eigenvalue weighted by molar-refractivity contribution is -0.903. The summed E-state index contributed by atoms with van der Waals surface area (Å²) >= 11 is 0. The minimum absolute atomic E-state index is 0.224. The lowest BCUT2D eigenvalue weighted by Crippen LogP contribution is -2.39. The molecule has 202 valence electrons. The first-order valence-corrected chi connectivity index (χ1v) is 14.3. The normalized spacial score (nSPS) is 11.8. The Morgan fingerprint density at radius 2 is 1.46 bits per heavy atom. The van der Waals surface area contributed by atoms with Crippen LogP contribution in [0.15, 0.2) is 51.7 Å². The van der Waals surface area contributed by atoms with Crippen LogP contribution in [0.5, 0.6) is 5.75 Å². The quantitative estimate of drug-likeness (QED) is 0.169. The SMILES string of the molecule is CCCCCCCCCC[N+](C)(C)Cc1ccc2oc(-c3ccc(N(CC)CC)cc3)c(O)c(=O)c2c1. The molecule has 37 heavy (non-hydrogen) atoms. The second-order valence-corrected chi connectivity index (χ2v) is 11.0. The highest BCUT2D eigenvalue weighted by Gasteiger charge is 2.19. The van der Waals surface area contributed by atoms with Crippen molar-refractivity contribution in [3.63, 3.8) is 0 Å². The minimum atomic E-state index is -0.376. The molecule has 2 aromatic carbocycles. The average Bonchev–Trinajstić information content (AvgIpc) is 2.89. The predicted molar refractivity (Wildman–Crippen MR) is 156 cm³/mol. The zero-order valence-corrected chi connectivity index (χ0v) is 23.7. The van der Waals surface area contributed by atoms with E-state index in [0.29, 0.717) is 16.5 Å². The van der Waals surface area contributed by atoms with Crippen molar-refractivity contribution in [3.05, 3.63) is 58.3 Å². The van der Waals surface area contributed by atoms with Gasteiger partial charge in [0, 0.05) is 29.9 Å². The minimum Gasteiger partial charge on any atom is -0.502 e. The number of aromatic hydroxyl groups is 1. The van der Waals surface area contributed by atoms with E-state index < -0.39 is 0 Å². The third-order valence-electron chi connectivity index (χ3n) is 7.42. The van der Waals surface area contributed by atoms with Crippen molar-refractivity contribution in [2.45, 2.75) is 78.7 Å². The summed E-state index contributed by atoms with van der Waals surface area (Å²) in [7, 11) is 4.49. The summed E-state index contributed by atoms with van der Waals surface area (Å²) in [5.74, 6) is -0.102. The number of hydrogen-bond donors (Lipinski definition) is 1. The Kier molecular flexibility index (Phi) is 10.6. The number of rotatable bonds is 15. The topological polar surface area (TPSA) is 53.7 Å². The second kappa shape index (κ2) is 13.7. The lowest BCUT2D eigenvalue weighted by atomic mass is 10.1. The van der Waals surface area contributed by atoms with E-state index in [4.69, 9.17) is 4.42 Å². The number of fused-ring (bicyclic) bond motifs is 1. The van der Waals surface area contributed by atoms with Crippen molar-refractivity contribution in [2.24, 2.45) is 0 Å². The van der Waals surface area contributed by atoms with E-state index >= 15 is 0 Å². The van der Waals surface area contributed by atoms with Crippen LogP contribution in [0.25, 0.3) is 22.3 Å². The molecule has 0 bridgehead atoms. The first kappa shape index (κ1) is 28.8. The first-order chi connectivity index (χ1) is 17.8. The number of nitrogens with zero attached hydrogens (tertiary/aromatic N) is 2. The van der Waals surface area contributed by atoms with Crippen LogP contribution in [0.2, 0.25) is 0 Å².